The standard InChI is InChI=1S/C19H21NO4S/c1-4-23-15-11-9-14(10-12-15)20-18(21)13(2)24-19(22)16-7-5-6-8-17(16)25-3/h5-13H,4H2,1-3H3,(H,20,21). The maximum atomic E-state index is 12.3. The predicted molar refractivity (Wildman–Crippen MR) is 99.3 cm³/mol. The Labute approximate surface area is 151 Å². The molecule has 0 fully saturated rings. The molecule has 0 bridgehead atoms. The fourth-order valence-corrected chi connectivity index (χ4v) is 2.72. The van der Waals surface area contributed by atoms with E-state index in [1.54, 1.807) is 43.3 Å². The van der Waals surface area contributed by atoms with Crippen LogP contribution in [0.2, 0.25) is 0 Å². The molecule has 0 aliphatic rings. The van der Waals surface area contributed by atoms with Crippen LogP contribution < -0.4 is 10.1 Å². The molecule has 0 saturated carbocycles. The molecule has 1 amide bonds. The van der Waals surface area contributed by atoms with E-state index in [4.69, 9.17) is 9.47 Å². The molecule has 1 atom stereocenters. The highest BCUT2D eigenvalue weighted by Gasteiger charge is 2.20. The highest BCUT2D eigenvalue weighted by Crippen LogP contribution is 2.21. The SMILES string of the molecule is CCOc1ccc(NC(=O)C(C)OC(=O)c2ccccc2SC)cc1. The lowest BCUT2D eigenvalue weighted by molar-refractivity contribution is -0.123. The normalized spacial score (nSPS) is 11.5. The van der Waals surface area contributed by atoms with Gasteiger partial charge in [0.1, 0.15) is 5.75 Å². The Bertz CT molecular complexity index is 730. The van der Waals surface area contributed by atoms with Crippen LogP contribution in [-0.4, -0.2) is 30.8 Å². The molecule has 0 aromatic heterocycles. The first-order valence-corrected chi connectivity index (χ1v) is 9.15. The van der Waals surface area contributed by atoms with Gasteiger partial charge in [0.25, 0.3) is 5.91 Å². The summed E-state index contributed by atoms with van der Waals surface area (Å²) >= 11 is 1.45. The largest absolute Gasteiger partial charge is 0.494 e. The highest BCUT2D eigenvalue weighted by atomic mass is 32.2. The quantitative estimate of drug-likeness (QED) is 0.598. The fourth-order valence-electron chi connectivity index (χ4n) is 2.14. The molecule has 1 unspecified atom stereocenters. The molecule has 0 heterocycles. The Morgan fingerprint density at radius 3 is 2.44 bits per heavy atom. The van der Waals surface area contributed by atoms with Crippen LogP contribution >= 0.6 is 11.8 Å². The molecule has 2 rings (SSSR count). The first kappa shape index (κ1) is 18.9. The Morgan fingerprint density at radius 1 is 1.12 bits per heavy atom. The Balaban J connectivity index is 1.96. The molecule has 0 aliphatic heterocycles. The number of hydrogen-bond acceptors (Lipinski definition) is 5. The van der Waals surface area contributed by atoms with E-state index < -0.39 is 12.1 Å². The summed E-state index contributed by atoms with van der Waals surface area (Å²) in [7, 11) is 0. The lowest BCUT2D eigenvalue weighted by atomic mass is 10.2. The van der Waals surface area contributed by atoms with E-state index in [-0.39, 0.29) is 5.91 Å². The van der Waals surface area contributed by atoms with Crippen molar-refractivity contribution >= 4 is 29.3 Å². The summed E-state index contributed by atoms with van der Waals surface area (Å²) < 4.78 is 10.6. The Kier molecular flexibility index (Phi) is 6.89. The van der Waals surface area contributed by atoms with Crippen molar-refractivity contribution < 1.29 is 19.1 Å². The number of thioether (sulfide) groups is 1. The zero-order chi connectivity index (χ0) is 18.2. The van der Waals surface area contributed by atoms with Crippen LogP contribution in [0.5, 0.6) is 5.75 Å². The molecule has 132 valence electrons. The van der Waals surface area contributed by atoms with Crippen molar-refractivity contribution in [1.29, 1.82) is 0 Å². The van der Waals surface area contributed by atoms with E-state index in [0.717, 1.165) is 10.6 Å². The lowest BCUT2D eigenvalue weighted by Crippen LogP contribution is -2.30. The summed E-state index contributed by atoms with van der Waals surface area (Å²) in [6.07, 6.45) is 0.975. The van der Waals surface area contributed by atoms with E-state index >= 15 is 0 Å². The van der Waals surface area contributed by atoms with Crippen molar-refractivity contribution in [2.45, 2.75) is 24.8 Å². The van der Waals surface area contributed by atoms with Crippen LogP contribution in [-0.2, 0) is 9.53 Å². The second kappa shape index (κ2) is 9.13. The highest BCUT2D eigenvalue weighted by molar-refractivity contribution is 7.98. The number of rotatable bonds is 7. The number of hydrogen-bond donors (Lipinski definition) is 1. The van der Waals surface area contributed by atoms with Gasteiger partial charge < -0.3 is 14.8 Å². The third kappa shape index (κ3) is 5.26. The summed E-state index contributed by atoms with van der Waals surface area (Å²) in [6.45, 7) is 4.03. The lowest BCUT2D eigenvalue weighted by Gasteiger charge is -2.15. The molecule has 6 heteroatoms. The van der Waals surface area contributed by atoms with Gasteiger partial charge in [-0.3, -0.25) is 4.79 Å². The average molecular weight is 359 g/mol. The molecular formula is C19H21NO4S. The van der Waals surface area contributed by atoms with Crippen molar-refractivity contribution in [2.24, 2.45) is 0 Å². The maximum absolute atomic E-state index is 12.3. The summed E-state index contributed by atoms with van der Waals surface area (Å²) in [5.74, 6) is -0.174. The van der Waals surface area contributed by atoms with E-state index in [1.807, 2.05) is 25.3 Å². The zero-order valence-electron chi connectivity index (χ0n) is 14.4. The average Bonchev–Trinajstić information content (AvgIpc) is 2.63. The van der Waals surface area contributed by atoms with E-state index in [9.17, 15) is 9.59 Å². The number of anilines is 1. The van der Waals surface area contributed by atoms with Gasteiger partial charge in [0.2, 0.25) is 0 Å². The molecule has 2 aromatic rings. The molecule has 0 aliphatic carbocycles. The fraction of sp³-hybridized carbons (Fsp3) is 0.263. The van der Waals surface area contributed by atoms with Gasteiger partial charge in [-0.2, -0.15) is 0 Å². The van der Waals surface area contributed by atoms with Crippen LogP contribution in [0.15, 0.2) is 53.4 Å². The Hall–Kier alpha value is -2.47. The molecule has 2 aromatic carbocycles. The van der Waals surface area contributed by atoms with E-state index in [0.29, 0.717) is 17.9 Å². The number of esters is 1. The molecule has 0 radical (unpaired) electrons. The number of amides is 1. The van der Waals surface area contributed by atoms with Crippen molar-refractivity contribution in [3.05, 3.63) is 54.1 Å². The van der Waals surface area contributed by atoms with Gasteiger partial charge in [0, 0.05) is 10.6 Å². The van der Waals surface area contributed by atoms with Crippen LogP contribution in [0.4, 0.5) is 5.69 Å². The summed E-state index contributed by atoms with van der Waals surface area (Å²) in [5.41, 5.74) is 1.07. The van der Waals surface area contributed by atoms with Gasteiger partial charge in [-0.1, -0.05) is 12.1 Å². The van der Waals surface area contributed by atoms with Gasteiger partial charge in [0.15, 0.2) is 6.10 Å². The van der Waals surface area contributed by atoms with Crippen molar-refractivity contribution in [2.75, 3.05) is 18.2 Å². The number of carbonyl (C=O) groups excluding carboxylic acids is 2. The topological polar surface area (TPSA) is 64.6 Å². The molecular weight excluding hydrogens is 338 g/mol. The monoisotopic (exact) mass is 359 g/mol. The first-order valence-electron chi connectivity index (χ1n) is 7.93. The van der Waals surface area contributed by atoms with Gasteiger partial charge >= 0.3 is 5.97 Å². The van der Waals surface area contributed by atoms with Gasteiger partial charge in [-0.15, -0.1) is 11.8 Å². The van der Waals surface area contributed by atoms with Gasteiger partial charge in [-0.05, 0) is 56.5 Å². The third-order valence-electron chi connectivity index (χ3n) is 3.41. The van der Waals surface area contributed by atoms with Gasteiger partial charge in [-0.25, -0.2) is 4.79 Å². The predicted octanol–water partition coefficient (Wildman–Crippen LogP) is 3.99. The maximum Gasteiger partial charge on any atom is 0.340 e. The van der Waals surface area contributed by atoms with Crippen molar-refractivity contribution in [3.63, 3.8) is 0 Å². The summed E-state index contributed by atoms with van der Waals surface area (Å²) in [6, 6.07) is 14.2. The van der Waals surface area contributed by atoms with Crippen LogP contribution in [0.1, 0.15) is 24.2 Å². The van der Waals surface area contributed by atoms with Crippen LogP contribution in [0.25, 0.3) is 0 Å². The van der Waals surface area contributed by atoms with Gasteiger partial charge in [0.05, 0.1) is 12.2 Å². The van der Waals surface area contributed by atoms with Crippen LogP contribution in [0.3, 0.4) is 0 Å². The molecule has 5 nitrogen and oxygen atoms in total. The minimum atomic E-state index is -0.908. The smallest absolute Gasteiger partial charge is 0.340 e. The first-order chi connectivity index (χ1) is 12.0. The Morgan fingerprint density at radius 2 is 1.80 bits per heavy atom. The van der Waals surface area contributed by atoms with E-state index in [1.165, 1.54) is 11.8 Å². The second-order valence-corrected chi connectivity index (χ2v) is 6.04. The number of nitrogens with one attached hydrogen (secondary N) is 1. The minimum absolute atomic E-state index is 0.390. The van der Waals surface area contributed by atoms with Crippen molar-refractivity contribution in [3.8, 4) is 5.75 Å². The third-order valence-corrected chi connectivity index (χ3v) is 4.21. The number of benzene rings is 2. The zero-order valence-corrected chi connectivity index (χ0v) is 15.3. The second-order valence-electron chi connectivity index (χ2n) is 5.19. The van der Waals surface area contributed by atoms with Crippen molar-refractivity contribution in [1.82, 2.24) is 0 Å². The number of ether oxygens (including phenoxy) is 2. The van der Waals surface area contributed by atoms with E-state index in [2.05, 4.69) is 5.32 Å². The molecule has 0 spiro atoms. The summed E-state index contributed by atoms with van der Waals surface area (Å²) in [5, 5.41) is 2.72. The minimum Gasteiger partial charge on any atom is -0.494 e. The molecule has 1 N–H and O–H groups in total. The summed E-state index contributed by atoms with van der Waals surface area (Å²) in [4.78, 5) is 25.3. The molecule has 0 saturated heterocycles. The van der Waals surface area contributed by atoms with Crippen LogP contribution in [0, 0.1) is 0 Å². The molecule has 25 heavy (non-hydrogen) atoms. The number of carbonyl (C=O) groups is 2.